The van der Waals surface area contributed by atoms with Gasteiger partial charge in [0.25, 0.3) is 5.91 Å². The number of primary amides is 1. The van der Waals surface area contributed by atoms with E-state index in [0.29, 0.717) is 11.3 Å². The Hall–Kier alpha value is -2.81. The predicted molar refractivity (Wildman–Crippen MR) is 84.5 cm³/mol. The number of carbonyl (C=O) groups is 1. The molecule has 0 aromatic heterocycles. The van der Waals surface area contributed by atoms with Crippen molar-refractivity contribution < 1.29 is 9.53 Å². The Kier molecular flexibility index (Phi) is 3.32. The van der Waals surface area contributed by atoms with E-state index < -0.39 is 5.91 Å². The Morgan fingerprint density at radius 3 is 2.38 bits per heavy atom. The second-order valence-electron chi connectivity index (χ2n) is 4.81. The highest BCUT2D eigenvalue weighted by molar-refractivity contribution is 6.09. The summed E-state index contributed by atoms with van der Waals surface area (Å²) in [5.74, 6) is 0.0207. The van der Waals surface area contributed by atoms with Gasteiger partial charge >= 0.3 is 0 Å². The first-order chi connectivity index (χ1) is 10.2. The standard InChI is InChI=1S/C18H15NO2/c1-21-16-10-8-14-11-13(12-5-3-2-4-6-12)7-9-15(14)17(16)18(19)20/h2-11H,1H3,(H2,19,20). The fraction of sp³-hybridized carbons (Fsp3) is 0.0556. The van der Waals surface area contributed by atoms with E-state index in [0.717, 1.165) is 21.9 Å². The zero-order valence-electron chi connectivity index (χ0n) is 11.7. The number of hydrogen-bond acceptors (Lipinski definition) is 2. The van der Waals surface area contributed by atoms with Crippen molar-refractivity contribution in [3.8, 4) is 16.9 Å². The van der Waals surface area contributed by atoms with Crippen molar-refractivity contribution in [2.24, 2.45) is 5.73 Å². The largest absolute Gasteiger partial charge is 0.496 e. The lowest BCUT2D eigenvalue weighted by atomic mass is 9.98. The topological polar surface area (TPSA) is 52.3 Å². The van der Waals surface area contributed by atoms with Gasteiger partial charge in [0.05, 0.1) is 12.7 Å². The lowest BCUT2D eigenvalue weighted by Gasteiger charge is -2.10. The Morgan fingerprint density at radius 1 is 0.952 bits per heavy atom. The van der Waals surface area contributed by atoms with Crippen LogP contribution in [0.2, 0.25) is 0 Å². The van der Waals surface area contributed by atoms with E-state index in [1.165, 1.54) is 7.11 Å². The van der Waals surface area contributed by atoms with Crippen LogP contribution in [0.3, 0.4) is 0 Å². The number of rotatable bonds is 3. The van der Waals surface area contributed by atoms with Gasteiger partial charge in [0.1, 0.15) is 5.75 Å². The number of nitrogens with two attached hydrogens (primary N) is 1. The van der Waals surface area contributed by atoms with E-state index in [1.54, 1.807) is 6.07 Å². The molecule has 104 valence electrons. The highest BCUT2D eigenvalue weighted by Gasteiger charge is 2.13. The van der Waals surface area contributed by atoms with Crippen LogP contribution in [0.15, 0.2) is 60.7 Å². The van der Waals surface area contributed by atoms with E-state index >= 15 is 0 Å². The van der Waals surface area contributed by atoms with E-state index in [4.69, 9.17) is 10.5 Å². The van der Waals surface area contributed by atoms with Gasteiger partial charge in [0.15, 0.2) is 0 Å². The zero-order chi connectivity index (χ0) is 14.8. The number of fused-ring (bicyclic) bond motifs is 1. The Balaban J connectivity index is 2.23. The molecule has 2 N–H and O–H groups in total. The van der Waals surface area contributed by atoms with Crippen LogP contribution in [0.4, 0.5) is 0 Å². The minimum absolute atomic E-state index is 0.426. The molecule has 0 saturated carbocycles. The van der Waals surface area contributed by atoms with Crippen LogP contribution in [-0.4, -0.2) is 13.0 Å². The van der Waals surface area contributed by atoms with Crippen LogP contribution in [0.25, 0.3) is 21.9 Å². The van der Waals surface area contributed by atoms with Gasteiger partial charge in [-0.3, -0.25) is 4.79 Å². The van der Waals surface area contributed by atoms with Crippen molar-refractivity contribution in [1.29, 1.82) is 0 Å². The summed E-state index contributed by atoms with van der Waals surface area (Å²) >= 11 is 0. The summed E-state index contributed by atoms with van der Waals surface area (Å²) in [4.78, 5) is 11.7. The van der Waals surface area contributed by atoms with Gasteiger partial charge in [-0.15, -0.1) is 0 Å². The van der Waals surface area contributed by atoms with Gasteiger partial charge in [-0.25, -0.2) is 0 Å². The van der Waals surface area contributed by atoms with Crippen molar-refractivity contribution in [1.82, 2.24) is 0 Å². The molecule has 3 rings (SSSR count). The number of ether oxygens (including phenoxy) is 1. The first-order valence-electron chi connectivity index (χ1n) is 6.66. The molecule has 0 radical (unpaired) electrons. The third-order valence-corrected chi connectivity index (χ3v) is 3.56. The molecule has 3 nitrogen and oxygen atoms in total. The molecular weight excluding hydrogens is 262 g/mol. The average Bonchev–Trinajstić information content (AvgIpc) is 2.53. The van der Waals surface area contributed by atoms with Gasteiger partial charge in [0.2, 0.25) is 0 Å². The fourth-order valence-electron chi connectivity index (χ4n) is 2.54. The molecule has 0 aliphatic heterocycles. The highest BCUT2D eigenvalue weighted by atomic mass is 16.5. The first kappa shape index (κ1) is 13.2. The maximum Gasteiger partial charge on any atom is 0.253 e. The normalized spacial score (nSPS) is 10.5. The molecule has 0 saturated heterocycles. The third kappa shape index (κ3) is 2.34. The van der Waals surface area contributed by atoms with Crippen LogP contribution in [0.1, 0.15) is 10.4 Å². The van der Waals surface area contributed by atoms with Crippen LogP contribution < -0.4 is 10.5 Å². The van der Waals surface area contributed by atoms with Gasteiger partial charge < -0.3 is 10.5 Å². The van der Waals surface area contributed by atoms with Crippen molar-refractivity contribution in [2.75, 3.05) is 7.11 Å². The molecule has 3 aromatic carbocycles. The van der Waals surface area contributed by atoms with Crippen LogP contribution in [0, 0.1) is 0 Å². The Labute approximate surface area is 123 Å². The molecule has 0 atom stereocenters. The predicted octanol–water partition coefficient (Wildman–Crippen LogP) is 3.61. The number of hydrogen-bond donors (Lipinski definition) is 1. The fourth-order valence-corrected chi connectivity index (χ4v) is 2.54. The Bertz CT molecular complexity index is 810. The summed E-state index contributed by atoms with van der Waals surface area (Å²) in [6.45, 7) is 0. The van der Waals surface area contributed by atoms with Crippen molar-refractivity contribution in [2.45, 2.75) is 0 Å². The smallest absolute Gasteiger partial charge is 0.253 e. The highest BCUT2D eigenvalue weighted by Crippen LogP contribution is 2.31. The molecule has 21 heavy (non-hydrogen) atoms. The van der Waals surface area contributed by atoms with Crippen LogP contribution in [0.5, 0.6) is 5.75 Å². The summed E-state index contributed by atoms with van der Waals surface area (Å²) < 4.78 is 5.23. The Morgan fingerprint density at radius 2 is 1.71 bits per heavy atom. The van der Waals surface area contributed by atoms with Crippen molar-refractivity contribution in [3.05, 3.63) is 66.2 Å². The zero-order valence-corrected chi connectivity index (χ0v) is 11.7. The average molecular weight is 277 g/mol. The quantitative estimate of drug-likeness (QED) is 0.795. The van der Waals surface area contributed by atoms with Crippen LogP contribution in [-0.2, 0) is 0 Å². The first-order valence-corrected chi connectivity index (χ1v) is 6.66. The number of carbonyl (C=O) groups excluding carboxylic acids is 1. The molecule has 1 amide bonds. The van der Waals surface area contributed by atoms with Crippen LogP contribution >= 0.6 is 0 Å². The molecule has 0 aliphatic rings. The number of amides is 1. The molecule has 0 spiro atoms. The minimum Gasteiger partial charge on any atom is -0.496 e. The lowest BCUT2D eigenvalue weighted by Crippen LogP contribution is -2.13. The summed E-state index contributed by atoms with van der Waals surface area (Å²) in [6.07, 6.45) is 0. The third-order valence-electron chi connectivity index (χ3n) is 3.56. The van der Waals surface area contributed by atoms with Gasteiger partial charge in [-0.05, 0) is 34.0 Å². The second-order valence-corrected chi connectivity index (χ2v) is 4.81. The van der Waals surface area contributed by atoms with Gasteiger partial charge in [0, 0.05) is 0 Å². The maximum absolute atomic E-state index is 11.7. The SMILES string of the molecule is COc1ccc2cc(-c3ccccc3)ccc2c1C(N)=O. The molecule has 0 unspecified atom stereocenters. The molecule has 3 heteroatoms. The molecule has 0 aliphatic carbocycles. The van der Waals surface area contributed by atoms with E-state index in [1.807, 2.05) is 36.4 Å². The summed E-state index contributed by atoms with van der Waals surface area (Å²) in [5, 5.41) is 1.77. The molecule has 0 fully saturated rings. The summed E-state index contributed by atoms with van der Waals surface area (Å²) in [5.41, 5.74) is 8.15. The molecule has 3 aromatic rings. The summed E-state index contributed by atoms with van der Waals surface area (Å²) in [7, 11) is 1.53. The van der Waals surface area contributed by atoms with E-state index in [9.17, 15) is 4.79 Å². The van der Waals surface area contributed by atoms with Gasteiger partial charge in [-0.1, -0.05) is 48.5 Å². The number of benzene rings is 3. The second kappa shape index (κ2) is 5.29. The maximum atomic E-state index is 11.7. The minimum atomic E-state index is -0.482. The molecule has 0 heterocycles. The van der Waals surface area contributed by atoms with Crippen molar-refractivity contribution in [3.63, 3.8) is 0 Å². The molecule has 0 bridgehead atoms. The lowest BCUT2D eigenvalue weighted by molar-refractivity contribution is 0.0999. The monoisotopic (exact) mass is 277 g/mol. The van der Waals surface area contributed by atoms with Gasteiger partial charge in [-0.2, -0.15) is 0 Å². The summed E-state index contributed by atoms with van der Waals surface area (Å²) in [6, 6.07) is 19.8. The number of methoxy groups -OCH3 is 1. The van der Waals surface area contributed by atoms with E-state index in [2.05, 4.69) is 18.2 Å². The molecular formula is C18H15NO2. The van der Waals surface area contributed by atoms with E-state index in [-0.39, 0.29) is 0 Å². The van der Waals surface area contributed by atoms with Crippen molar-refractivity contribution >= 4 is 16.7 Å².